The predicted octanol–water partition coefficient (Wildman–Crippen LogP) is 2.44. The van der Waals surface area contributed by atoms with Crippen LogP contribution in [0.2, 0.25) is 0 Å². The van der Waals surface area contributed by atoms with E-state index in [0.29, 0.717) is 6.54 Å². The third-order valence-electron chi connectivity index (χ3n) is 5.21. The van der Waals surface area contributed by atoms with E-state index in [1.54, 1.807) is 12.1 Å². The Labute approximate surface area is 144 Å². The minimum atomic E-state index is -0.478. The minimum Gasteiger partial charge on any atom is -0.456 e. The Morgan fingerprint density at radius 3 is 3.12 bits per heavy atom. The van der Waals surface area contributed by atoms with Crippen molar-refractivity contribution in [1.82, 2.24) is 15.0 Å². The molecule has 7 heteroatoms. The highest BCUT2D eigenvalue weighted by Gasteiger charge is 2.61. The normalized spacial score (nSPS) is 26.8. The van der Waals surface area contributed by atoms with E-state index < -0.39 is 5.97 Å². The average Bonchev–Trinajstić information content (AvgIpc) is 3.20. The number of ether oxygens (including phenoxy) is 2. The summed E-state index contributed by atoms with van der Waals surface area (Å²) >= 11 is 0. The van der Waals surface area contributed by atoms with Gasteiger partial charge in [-0.2, -0.15) is 0 Å². The second kappa shape index (κ2) is 5.91. The molecule has 2 fully saturated rings. The first kappa shape index (κ1) is 16.2. The van der Waals surface area contributed by atoms with Crippen molar-refractivity contribution >= 4 is 5.97 Å². The first-order valence-electron chi connectivity index (χ1n) is 8.42. The molecule has 0 N–H and O–H groups in total. The molecule has 132 valence electrons. The van der Waals surface area contributed by atoms with Crippen molar-refractivity contribution in [1.29, 1.82) is 0 Å². The molecule has 0 bridgehead atoms. The van der Waals surface area contributed by atoms with Crippen LogP contribution in [0.3, 0.4) is 0 Å². The number of aromatic nitrogens is 3. The lowest BCUT2D eigenvalue weighted by molar-refractivity contribution is -0.183. The first-order valence-corrected chi connectivity index (χ1v) is 8.42. The molecule has 1 aromatic carbocycles. The third-order valence-corrected chi connectivity index (χ3v) is 5.21. The molecule has 1 saturated carbocycles. The van der Waals surface area contributed by atoms with E-state index >= 15 is 0 Å². The summed E-state index contributed by atoms with van der Waals surface area (Å²) in [5.74, 6) is -0.520. The van der Waals surface area contributed by atoms with Crippen LogP contribution < -0.4 is 0 Å². The second-order valence-corrected chi connectivity index (χ2v) is 7.32. The molecule has 1 aromatic heterocycles. The maximum Gasteiger partial charge on any atom is 0.360 e. The summed E-state index contributed by atoms with van der Waals surface area (Å²) in [7, 11) is 0. The van der Waals surface area contributed by atoms with Crippen molar-refractivity contribution in [2.75, 3.05) is 6.61 Å². The highest BCUT2D eigenvalue weighted by molar-refractivity contribution is 5.87. The number of esters is 1. The zero-order valence-corrected chi connectivity index (χ0v) is 14.2. The van der Waals surface area contributed by atoms with E-state index in [2.05, 4.69) is 24.2 Å². The van der Waals surface area contributed by atoms with E-state index in [1.807, 2.05) is 0 Å². The number of rotatable bonds is 4. The fourth-order valence-electron chi connectivity index (χ4n) is 3.98. The predicted molar refractivity (Wildman–Crippen MR) is 86.4 cm³/mol. The van der Waals surface area contributed by atoms with Crippen molar-refractivity contribution in [3.05, 3.63) is 47.5 Å². The molecule has 1 saturated heterocycles. The van der Waals surface area contributed by atoms with Gasteiger partial charge in [0.15, 0.2) is 5.69 Å². The Bertz CT molecular complexity index is 804. The lowest BCUT2D eigenvalue weighted by Crippen LogP contribution is -2.61. The van der Waals surface area contributed by atoms with Crippen LogP contribution in [0.1, 0.15) is 36.3 Å². The smallest absolute Gasteiger partial charge is 0.360 e. The van der Waals surface area contributed by atoms with Gasteiger partial charge in [-0.1, -0.05) is 31.2 Å². The van der Waals surface area contributed by atoms with Crippen molar-refractivity contribution in [3.63, 3.8) is 0 Å². The van der Waals surface area contributed by atoms with Crippen LogP contribution in [-0.4, -0.2) is 39.8 Å². The van der Waals surface area contributed by atoms with Crippen LogP contribution in [0.15, 0.2) is 30.5 Å². The van der Waals surface area contributed by atoms with Crippen molar-refractivity contribution in [2.24, 2.45) is 11.3 Å². The van der Waals surface area contributed by atoms with Gasteiger partial charge in [0.05, 0.1) is 18.8 Å². The number of benzene rings is 1. The molecule has 6 nitrogen and oxygen atoms in total. The highest BCUT2D eigenvalue weighted by atomic mass is 19.1. The summed E-state index contributed by atoms with van der Waals surface area (Å²) in [6.45, 7) is 5.17. The fourth-order valence-corrected chi connectivity index (χ4v) is 3.98. The largest absolute Gasteiger partial charge is 0.456 e. The first-order chi connectivity index (χ1) is 11.9. The second-order valence-electron chi connectivity index (χ2n) is 7.32. The quantitative estimate of drug-likeness (QED) is 0.796. The van der Waals surface area contributed by atoms with Gasteiger partial charge in [-0.15, -0.1) is 5.10 Å². The summed E-state index contributed by atoms with van der Waals surface area (Å²) in [6.07, 6.45) is 2.44. The topological polar surface area (TPSA) is 66.2 Å². The zero-order chi connectivity index (χ0) is 17.6. The Kier molecular flexibility index (Phi) is 3.83. The summed E-state index contributed by atoms with van der Waals surface area (Å²) < 4.78 is 26.1. The molecular formula is C18H20FN3O3. The standard InChI is InChI=1S/C18H20FN3O3/c1-18(2)15-13(6-7-24-15)16(18)25-17(23)14-10-22(21-20-14)9-11-4-3-5-12(19)8-11/h3-5,8,10,13,15-16H,6-7,9H2,1-2H3/t13-,15+,16-/m0/s1. The number of hydrogen-bond acceptors (Lipinski definition) is 5. The van der Waals surface area contributed by atoms with Gasteiger partial charge in [-0.05, 0) is 24.1 Å². The van der Waals surface area contributed by atoms with Crippen LogP contribution >= 0.6 is 0 Å². The summed E-state index contributed by atoms with van der Waals surface area (Å²) in [6, 6.07) is 6.24. The summed E-state index contributed by atoms with van der Waals surface area (Å²) in [5, 5.41) is 7.83. The Balaban J connectivity index is 1.42. The van der Waals surface area contributed by atoms with Crippen LogP contribution in [0.5, 0.6) is 0 Å². The van der Waals surface area contributed by atoms with E-state index in [4.69, 9.17) is 9.47 Å². The van der Waals surface area contributed by atoms with Crippen molar-refractivity contribution in [3.8, 4) is 0 Å². The van der Waals surface area contributed by atoms with Gasteiger partial charge in [0.1, 0.15) is 11.9 Å². The zero-order valence-electron chi connectivity index (χ0n) is 14.2. The average molecular weight is 345 g/mol. The molecule has 0 unspecified atom stereocenters. The molecule has 1 aliphatic heterocycles. The molecule has 2 aliphatic rings. The Morgan fingerprint density at radius 2 is 2.32 bits per heavy atom. The molecule has 0 radical (unpaired) electrons. The van der Waals surface area contributed by atoms with Gasteiger partial charge in [0.2, 0.25) is 0 Å². The van der Waals surface area contributed by atoms with Crippen LogP contribution in [0, 0.1) is 17.2 Å². The molecule has 2 heterocycles. The summed E-state index contributed by atoms with van der Waals surface area (Å²) in [5.41, 5.74) is 0.722. The van der Waals surface area contributed by atoms with E-state index in [-0.39, 0.29) is 35.1 Å². The van der Waals surface area contributed by atoms with Crippen molar-refractivity contribution < 1.29 is 18.7 Å². The molecular weight excluding hydrogens is 325 g/mol. The molecule has 2 aromatic rings. The van der Waals surface area contributed by atoms with Crippen LogP contribution in [0.4, 0.5) is 4.39 Å². The van der Waals surface area contributed by atoms with Gasteiger partial charge in [-0.25, -0.2) is 13.9 Å². The van der Waals surface area contributed by atoms with E-state index in [9.17, 15) is 9.18 Å². The number of carbonyl (C=O) groups excluding carboxylic acids is 1. The van der Waals surface area contributed by atoms with Gasteiger partial charge >= 0.3 is 5.97 Å². The highest BCUT2D eigenvalue weighted by Crippen LogP contribution is 2.53. The number of carbonyl (C=O) groups is 1. The number of nitrogens with zero attached hydrogens (tertiary/aromatic N) is 3. The van der Waals surface area contributed by atoms with Crippen LogP contribution in [0.25, 0.3) is 0 Å². The summed E-state index contributed by atoms with van der Waals surface area (Å²) in [4.78, 5) is 12.4. The van der Waals surface area contributed by atoms with Gasteiger partial charge in [-0.3, -0.25) is 0 Å². The lowest BCUT2D eigenvalue weighted by atomic mass is 9.59. The minimum absolute atomic E-state index is 0.161. The maximum absolute atomic E-state index is 13.2. The number of halogens is 1. The fraction of sp³-hybridized carbons (Fsp3) is 0.500. The number of hydrogen-bond donors (Lipinski definition) is 0. The number of fused-ring (bicyclic) bond motifs is 1. The van der Waals surface area contributed by atoms with Crippen LogP contribution in [-0.2, 0) is 16.0 Å². The maximum atomic E-state index is 13.2. The molecule has 3 atom stereocenters. The Hall–Kier alpha value is -2.28. The SMILES string of the molecule is CC1(C)[C@@H]2OCC[C@@H]2[C@@H]1OC(=O)c1cn(Cc2cccc(F)c2)nn1. The van der Waals surface area contributed by atoms with Gasteiger partial charge in [0, 0.05) is 17.9 Å². The molecule has 1 aliphatic carbocycles. The Morgan fingerprint density at radius 1 is 1.48 bits per heavy atom. The lowest BCUT2D eigenvalue weighted by Gasteiger charge is -2.52. The molecule has 0 spiro atoms. The van der Waals surface area contributed by atoms with E-state index in [0.717, 1.165) is 18.6 Å². The monoisotopic (exact) mass is 345 g/mol. The molecule has 0 amide bonds. The van der Waals surface area contributed by atoms with Gasteiger partial charge in [0.25, 0.3) is 0 Å². The van der Waals surface area contributed by atoms with E-state index in [1.165, 1.54) is 23.0 Å². The van der Waals surface area contributed by atoms with Gasteiger partial charge < -0.3 is 9.47 Å². The third kappa shape index (κ3) is 2.82. The van der Waals surface area contributed by atoms with Crippen molar-refractivity contribution in [2.45, 2.75) is 39.0 Å². The molecule has 4 rings (SSSR count). The molecule has 25 heavy (non-hydrogen) atoms.